The number of ether oxygens (including phenoxy) is 2. The summed E-state index contributed by atoms with van der Waals surface area (Å²) in [5, 5.41) is 0. The van der Waals surface area contributed by atoms with E-state index in [0.29, 0.717) is 5.92 Å². The van der Waals surface area contributed by atoms with Crippen molar-refractivity contribution >= 4 is 0 Å². The molecule has 0 bridgehead atoms. The molecule has 2 aliphatic rings. The molecule has 1 aromatic rings. The first-order valence-corrected chi connectivity index (χ1v) is 5.25. The SMILES string of the molecule is c1ccc([C@H]2C[C@@H]3CCO[C@@H]3O2)cc1. The van der Waals surface area contributed by atoms with Crippen LogP contribution < -0.4 is 0 Å². The Hall–Kier alpha value is -0.860. The van der Waals surface area contributed by atoms with E-state index in [1.54, 1.807) is 0 Å². The van der Waals surface area contributed by atoms with Crippen molar-refractivity contribution in [3.63, 3.8) is 0 Å². The highest BCUT2D eigenvalue weighted by Gasteiger charge is 2.39. The van der Waals surface area contributed by atoms with Gasteiger partial charge in [-0.15, -0.1) is 0 Å². The summed E-state index contributed by atoms with van der Waals surface area (Å²) >= 11 is 0. The van der Waals surface area contributed by atoms with E-state index in [9.17, 15) is 0 Å². The first kappa shape index (κ1) is 8.45. The molecule has 2 heterocycles. The van der Waals surface area contributed by atoms with Crippen molar-refractivity contribution in [3.05, 3.63) is 35.9 Å². The van der Waals surface area contributed by atoms with Crippen LogP contribution in [0.5, 0.6) is 0 Å². The lowest BCUT2D eigenvalue weighted by atomic mass is 9.99. The molecule has 0 aromatic heterocycles. The van der Waals surface area contributed by atoms with Crippen molar-refractivity contribution in [1.82, 2.24) is 0 Å². The van der Waals surface area contributed by atoms with E-state index in [2.05, 4.69) is 24.3 Å². The number of benzene rings is 1. The summed E-state index contributed by atoms with van der Waals surface area (Å²) in [5.74, 6) is 0.625. The zero-order valence-corrected chi connectivity index (χ0v) is 8.06. The second-order valence-corrected chi connectivity index (χ2v) is 4.06. The molecule has 2 heteroatoms. The summed E-state index contributed by atoms with van der Waals surface area (Å²) in [6.45, 7) is 0.872. The molecule has 0 unspecified atom stereocenters. The minimum atomic E-state index is 0.0696. The van der Waals surface area contributed by atoms with Gasteiger partial charge in [-0.2, -0.15) is 0 Å². The molecule has 0 saturated carbocycles. The van der Waals surface area contributed by atoms with Crippen molar-refractivity contribution in [2.24, 2.45) is 5.92 Å². The molecule has 14 heavy (non-hydrogen) atoms. The molecular formula is C12H14O2. The van der Waals surface area contributed by atoms with Crippen LogP contribution in [0.2, 0.25) is 0 Å². The van der Waals surface area contributed by atoms with E-state index >= 15 is 0 Å². The third-order valence-corrected chi connectivity index (χ3v) is 3.14. The van der Waals surface area contributed by atoms with Gasteiger partial charge in [-0.3, -0.25) is 0 Å². The van der Waals surface area contributed by atoms with Crippen LogP contribution >= 0.6 is 0 Å². The summed E-state index contributed by atoms with van der Waals surface area (Å²) in [6.07, 6.45) is 2.61. The van der Waals surface area contributed by atoms with Gasteiger partial charge in [0.25, 0.3) is 0 Å². The van der Waals surface area contributed by atoms with E-state index < -0.39 is 0 Å². The molecule has 3 rings (SSSR count). The van der Waals surface area contributed by atoms with Gasteiger partial charge in [0.1, 0.15) is 0 Å². The van der Waals surface area contributed by atoms with Crippen molar-refractivity contribution < 1.29 is 9.47 Å². The maximum Gasteiger partial charge on any atom is 0.161 e. The number of hydrogen-bond donors (Lipinski definition) is 0. The van der Waals surface area contributed by atoms with Crippen LogP contribution in [0.3, 0.4) is 0 Å². The Morgan fingerprint density at radius 2 is 2.00 bits per heavy atom. The lowest BCUT2D eigenvalue weighted by Gasteiger charge is -2.12. The Balaban J connectivity index is 1.77. The van der Waals surface area contributed by atoms with Crippen molar-refractivity contribution in [2.45, 2.75) is 25.2 Å². The fraction of sp³-hybridized carbons (Fsp3) is 0.500. The van der Waals surface area contributed by atoms with Crippen molar-refractivity contribution in [2.75, 3.05) is 6.61 Å². The standard InChI is InChI=1S/C12H14O2/c1-2-4-9(5-3-1)11-8-10-6-7-13-12(10)14-11/h1-5,10-12H,6-8H2/t10-,11+,12+/m0/s1. The summed E-state index contributed by atoms with van der Waals surface area (Å²) < 4.78 is 11.4. The fourth-order valence-corrected chi connectivity index (χ4v) is 2.36. The predicted molar refractivity (Wildman–Crippen MR) is 52.7 cm³/mol. The summed E-state index contributed by atoms with van der Waals surface area (Å²) in [6, 6.07) is 10.4. The van der Waals surface area contributed by atoms with Gasteiger partial charge < -0.3 is 9.47 Å². The van der Waals surface area contributed by atoms with Gasteiger partial charge in [-0.25, -0.2) is 0 Å². The normalized spacial score (nSPS) is 35.9. The lowest BCUT2D eigenvalue weighted by Crippen LogP contribution is -2.09. The van der Waals surface area contributed by atoms with E-state index in [0.717, 1.165) is 19.4 Å². The van der Waals surface area contributed by atoms with Gasteiger partial charge in [0.2, 0.25) is 0 Å². The molecular weight excluding hydrogens is 176 g/mol. The van der Waals surface area contributed by atoms with Gasteiger partial charge in [-0.1, -0.05) is 30.3 Å². The fourth-order valence-electron chi connectivity index (χ4n) is 2.36. The maximum atomic E-state index is 5.85. The molecule has 74 valence electrons. The average Bonchev–Trinajstić information content (AvgIpc) is 2.78. The van der Waals surface area contributed by atoms with E-state index in [-0.39, 0.29) is 12.4 Å². The van der Waals surface area contributed by atoms with E-state index in [4.69, 9.17) is 9.47 Å². The molecule has 2 nitrogen and oxygen atoms in total. The summed E-state index contributed by atoms with van der Waals surface area (Å²) in [4.78, 5) is 0. The molecule has 2 saturated heterocycles. The first-order chi connectivity index (χ1) is 6.93. The second-order valence-electron chi connectivity index (χ2n) is 4.06. The van der Waals surface area contributed by atoms with Crippen molar-refractivity contribution in [3.8, 4) is 0 Å². The van der Waals surface area contributed by atoms with Crippen LogP contribution in [-0.2, 0) is 9.47 Å². The van der Waals surface area contributed by atoms with Crippen LogP contribution in [-0.4, -0.2) is 12.9 Å². The minimum Gasteiger partial charge on any atom is -0.352 e. The van der Waals surface area contributed by atoms with Gasteiger partial charge in [0, 0.05) is 5.92 Å². The van der Waals surface area contributed by atoms with Crippen molar-refractivity contribution in [1.29, 1.82) is 0 Å². The lowest BCUT2D eigenvalue weighted by molar-refractivity contribution is -0.117. The summed E-state index contributed by atoms with van der Waals surface area (Å²) in [7, 11) is 0. The third-order valence-electron chi connectivity index (χ3n) is 3.14. The number of fused-ring (bicyclic) bond motifs is 1. The average molecular weight is 190 g/mol. The molecule has 1 aromatic carbocycles. The highest BCUT2D eigenvalue weighted by molar-refractivity contribution is 5.18. The molecule has 0 spiro atoms. The largest absolute Gasteiger partial charge is 0.352 e. The molecule has 0 aliphatic carbocycles. The quantitative estimate of drug-likeness (QED) is 0.677. The van der Waals surface area contributed by atoms with Gasteiger partial charge in [0.05, 0.1) is 12.7 Å². The Morgan fingerprint density at radius 1 is 1.14 bits per heavy atom. The highest BCUT2D eigenvalue weighted by atomic mass is 16.7. The molecule has 0 radical (unpaired) electrons. The maximum absolute atomic E-state index is 5.85. The Morgan fingerprint density at radius 3 is 2.79 bits per heavy atom. The number of hydrogen-bond acceptors (Lipinski definition) is 2. The topological polar surface area (TPSA) is 18.5 Å². The van der Waals surface area contributed by atoms with Gasteiger partial charge in [-0.05, 0) is 18.4 Å². The zero-order valence-electron chi connectivity index (χ0n) is 8.06. The molecule has 3 atom stereocenters. The van der Waals surface area contributed by atoms with Crippen LogP contribution in [0.25, 0.3) is 0 Å². The predicted octanol–water partition coefficient (Wildman–Crippen LogP) is 2.51. The van der Waals surface area contributed by atoms with Crippen LogP contribution in [0, 0.1) is 5.92 Å². The number of rotatable bonds is 1. The first-order valence-electron chi connectivity index (χ1n) is 5.25. The second kappa shape index (κ2) is 3.37. The van der Waals surface area contributed by atoms with Gasteiger partial charge in [0.15, 0.2) is 6.29 Å². The van der Waals surface area contributed by atoms with Crippen LogP contribution in [0.15, 0.2) is 30.3 Å². The van der Waals surface area contributed by atoms with Crippen LogP contribution in [0.1, 0.15) is 24.5 Å². The zero-order chi connectivity index (χ0) is 9.38. The highest BCUT2D eigenvalue weighted by Crippen LogP contribution is 2.41. The monoisotopic (exact) mass is 190 g/mol. The van der Waals surface area contributed by atoms with Crippen LogP contribution in [0.4, 0.5) is 0 Å². The molecule has 2 fully saturated rings. The molecule has 2 aliphatic heterocycles. The van der Waals surface area contributed by atoms with Gasteiger partial charge >= 0.3 is 0 Å². The Kier molecular flexibility index (Phi) is 2.03. The Bertz CT molecular complexity index is 297. The summed E-state index contributed by atoms with van der Waals surface area (Å²) in [5.41, 5.74) is 1.28. The molecule has 0 N–H and O–H groups in total. The van der Waals surface area contributed by atoms with E-state index in [1.807, 2.05) is 6.07 Å². The van der Waals surface area contributed by atoms with E-state index in [1.165, 1.54) is 5.56 Å². The third kappa shape index (κ3) is 1.35. The minimum absolute atomic E-state index is 0.0696. The smallest absolute Gasteiger partial charge is 0.161 e. The Labute approximate surface area is 83.8 Å². The molecule has 0 amide bonds.